The van der Waals surface area contributed by atoms with Gasteiger partial charge in [0.2, 0.25) is 5.91 Å². The lowest BCUT2D eigenvalue weighted by atomic mass is 9.92. The Morgan fingerprint density at radius 2 is 1.95 bits per heavy atom. The van der Waals surface area contributed by atoms with Crippen molar-refractivity contribution in [1.82, 2.24) is 4.90 Å². The normalized spacial score (nSPS) is 21.8. The molecule has 0 aromatic heterocycles. The van der Waals surface area contributed by atoms with Gasteiger partial charge in [-0.25, -0.2) is 0 Å². The van der Waals surface area contributed by atoms with Crippen LogP contribution in [0.1, 0.15) is 19.3 Å². The molecule has 1 saturated heterocycles. The Labute approximate surface area is 125 Å². The second-order valence-electron chi connectivity index (χ2n) is 5.62. The number of allylic oxidation sites excluding steroid dienone is 2. The molecule has 0 bridgehead atoms. The van der Waals surface area contributed by atoms with Crippen LogP contribution in [-0.4, -0.2) is 37.1 Å². The van der Waals surface area contributed by atoms with Gasteiger partial charge < -0.3 is 14.4 Å². The van der Waals surface area contributed by atoms with Crippen LogP contribution >= 0.6 is 0 Å². The minimum Gasteiger partial charge on any atom is -0.493 e. The van der Waals surface area contributed by atoms with E-state index in [4.69, 9.17) is 9.47 Å². The number of likely N-dealkylation sites (tertiary alicyclic amines) is 1. The van der Waals surface area contributed by atoms with Crippen LogP contribution < -0.4 is 9.47 Å². The van der Waals surface area contributed by atoms with E-state index in [-0.39, 0.29) is 17.9 Å². The van der Waals surface area contributed by atoms with Crippen molar-refractivity contribution in [3.05, 3.63) is 36.4 Å². The molecule has 1 aliphatic heterocycles. The first kappa shape index (κ1) is 14.0. The van der Waals surface area contributed by atoms with E-state index in [0.717, 1.165) is 30.8 Å². The van der Waals surface area contributed by atoms with E-state index in [1.807, 2.05) is 29.2 Å². The number of para-hydroxylation sites is 2. The molecular formula is C17H21NO3. The second kappa shape index (κ2) is 6.20. The van der Waals surface area contributed by atoms with E-state index in [1.54, 1.807) is 7.11 Å². The molecule has 1 aromatic carbocycles. The van der Waals surface area contributed by atoms with Gasteiger partial charge in [-0.1, -0.05) is 24.3 Å². The lowest BCUT2D eigenvalue weighted by Crippen LogP contribution is -2.57. The third-order valence-corrected chi connectivity index (χ3v) is 4.14. The summed E-state index contributed by atoms with van der Waals surface area (Å²) in [6.07, 6.45) is 7.23. The Balaban J connectivity index is 1.51. The Morgan fingerprint density at radius 1 is 1.19 bits per heavy atom. The van der Waals surface area contributed by atoms with Gasteiger partial charge in [-0.2, -0.15) is 0 Å². The van der Waals surface area contributed by atoms with Crippen LogP contribution in [0.25, 0.3) is 0 Å². The predicted molar refractivity (Wildman–Crippen MR) is 80.5 cm³/mol. The van der Waals surface area contributed by atoms with Gasteiger partial charge in [-0.3, -0.25) is 4.79 Å². The summed E-state index contributed by atoms with van der Waals surface area (Å²) < 4.78 is 11.2. The van der Waals surface area contributed by atoms with Crippen molar-refractivity contribution in [1.29, 1.82) is 0 Å². The molecule has 0 N–H and O–H groups in total. The standard InChI is InChI=1S/C17H21NO3/c1-20-15-9-5-6-10-16(15)21-14-11-18(12-14)17(19)13-7-3-2-4-8-13/h2-3,5-6,9-10,13-14H,4,7-8,11-12H2,1H3/t13-/m1/s1. The van der Waals surface area contributed by atoms with Crippen LogP contribution in [0.5, 0.6) is 11.5 Å². The first-order valence-corrected chi connectivity index (χ1v) is 7.51. The third-order valence-electron chi connectivity index (χ3n) is 4.14. The van der Waals surface area contributed by atoms with Crippen molar-refractivity contribution in [2.45, 2.75) is 25.4 Å². The van der Waals surface area contributed by atoms with E-state index in [2.05, 4.69) is 12.2 Å². The molecule has 4 nitrogen and oxygen atoms in total. The molecule has 21 heavy (non-hydrogen) atoms. The van der Waals surface area contributed by atoms with Crippen LogP contribution in [0, 0.1) is 5.92 Å². The van der Waals surface area contributed by atoms with Crippen LogP contribution in [0.15, 0.2) is 36.4 Å². The van der Waals surface area contributed by atoms with Crippen molar-refractivity contribution >= 4 is 5.91 Å². The highest BCUT2D eigenvalue weighted by Gasteiger charge is 2.35. The van der Waals surface area contributed by atoms with Gasteiger partial charge in [-0.05, 0) is 31.4 Å². The zero-order valence-electron chi connectivity index (χ0n) is 12.3. The zero-order chi connectivity index (χ0) is 14.7. The Bertz CT molecular complexity index is 535. The molecule has 0 spiro atoms. The number of hydrogen-bond acceptors (Lipinski definition) is 3. The van der Waals surface area contributed by atoms with Crippen LogP contribution in [0.3, 0.4) is 0 Å². The van der Waals surface area contributed by atoms with Gasteiger partial charge in [0.15, 0.2) is 11.5 Å². The van der Waals surface area contributed by atoms with Gasteiger partial charge in [0.05, 0.1) is 20.2 Å². The summed E-state index contributed by atoms with van der Waals surface area (Å²) in [5.74, 6) is 1.93. The molecule has 0 saturated carbocycles. The summed E-state index contributed by atoms with van der Waals surface area (Å²) in [5.41, 5.74) is 0. The van der Waals surface area contributed by atoms with Crippen molar-refractivity contribution in [2.24, 2.45) is 5.92 Å². The van der Waals surface area contributed by atoms with E-state index in [9.17, 15) is 4.79 Å². The van der Waals surface area contributed by atoms with Crippen LogP contribution in [0.2, 0.25) is 0 Å². The van der Waals surface area contributed by atoms with Gasteiger partial charge in [0.1, 0.15) is 6.10 Å². The fourth-order valence-electron chi connectivity index (χ4n) is 2.86. The minimum atomic E-state index is 0.0735. The lowest BCUT2D eigenvalue weighted by molar-refractivity contribution is -0.144. The summed E-state index contributed by atoms with van der Waals surface area (Å²) in [4.78, 5) is 14.2. The number of methoxy groups -OCH3 is 1. The molecule has 1 atom stereocenters. The Morgan fingerprint density at radius 3 is 2.62 bits per heavy atom. The first-order valence-electron chi connectivity index (χ1n) is 7.51. The second-order valence-corrected chi connectivity index (χ2v) is 5.62. The highest BCUT2D eigenvalue weighted by atomic mass is 16.5. The molecule has 1 heterocycles. The summed E-state index contributed by atoms with van der Waals surface area (Å²) in [7, 11) is 1.63. The highest BCUT2D eigenvalue weighted by Crippen LogP contribution is 2.30. The van der Waals surface area contributed by atoms with E-state index in [0.29, 0.717) is 13.1 Å². The fourth-order valence-corrected chi connectivity index (χ4v) is 2.86. The molecule has 1 aromatic rings. The van der Waals surface area contributed by atoms with Gasteiger partial charge in [0, 0.05) is 5.92 Å². The molecule has 112 valence electrons. The quantitative estimate of drug-likeness (QED) is 0.799. The number of carbonyl (C=O) groups is 1. The largest absolute Gasteiger partial charge is 0.493 e. The summed E-state index contributed by atoms with van der Waals surface area (Å²) in [5, 5.41) is 0. The zero-order valence-corrected chi connectivity index (χ0v) is 12.3. The number of nitrogens with zero attached hydrogens (tertiary/aromatic N) is 1. The van der Waals surface area contributed by atoms with Crippen molar-refractivity contribution in [3.8, 4) is 11.5 Å². The van der Waals surface area contributed by atoms with Crippen LogP contribution in [0.4, 0.5) is 0 Å². The molecule has 1 fully saturated rings. The number of carbonyl (C=O) groups excluding carboxylic acids is 1. The topological polar surface area (TPSA) is 38.8 Å². The van der Waals surface area contributed by atoms with Crippen molar-refractivity contribution in [2.75, 3.05) is 20.2 Å². The summed E-state index contributed by atoms with van der Waals surface area (Å²) in [6.45, 7) is 1.36. The average molecular weight is 287 g/mol. The molecule has 0 radical (unpaired) electrons. The SMILES string of the molecule is COc1ccccc1OC1CN(C(=O)[C@@H]2CC=CCC2)C1. The number of amides is 1. The van der Waals surface area contributed by atoms with Crippen molar-refractivity contribution < 1.29 is 14.3 Å². The highest BCUT2D eigenvalue weighted by molar-refractivity contribution is 5.80. The molecule has 3 rings (SSSR count). The summed E-state index contributed by atoms with van der Waals surface area (Å²) >= 11 is 0. The molecule has 1 aliphatic carbocycles. The molecule has 4 heteroatoms. The summed E-state index contributed by atoms with van der Waals surface area (Å²) in [6, 6.07) is 7.62. The Kier molecular flexibility index (Phi) is 4.13. The maximum Gasteiger partial charge on any atom is 0.226 e. The van der Waals surface area contributed by atoms with E-state index in [1.165, 1.54) is 0 Å². The molecule has 1 amide bonds. The number of benzene rings is 1. The van der Waals surface area contributed by atoms with Crippen molar-refractivity contribution in [3.63, 3.8) is 0 Å². The van der Waals surface area contributed by atoms with Gasteiger partial charge in [-0.15, -0.1) is 0 Å². The number of hydrogen-bond donors (Lipinski definition) is 0. The Hall–Kier alpha value is -1.97. The first-order chi connectivity index (χ1) is 10.3. The lowest BCUT2D eigenvalue weighted by Gasteiger charge is -2.41. The monoisotopic (exact) mass is 287 g/mol. The fraction of sp³-hybridized carbons (Fsp3) is 0.471. The maximum absolute atomic E-state index is 12.3. The third kappa shape index (κ3) is 3.04. The van der Waals surface area contributed by atoms with E-state index >= 15 is 0 Å². The maximum atomic E-state index is 12.3. The average Bonchev–Trinajstić information content (AvgIpc) is 2.51. The minimum absolute atomic E-state index is 0.0735. The van der Waals surface area contributed by atoms with E-state index < -0.39 is 0 Å². The number of rotatable bonds is 4. The van der Waals surface area contributed by atoms with Gasteiger partial charge in [0.25, 0.3) is 0 Å². The van der Waals surface area contributed by atoms with Crippen LogP contribution in [-0.2, 0) is 4.79 Å². The number of ether oxygens (including phenoxy) is 2. The van der Waals surface area contributed by atoms with Gasteiger partial charge >= 0.3 is 0 Å². The smallest absolute Gasteiger partial charge is 0.226 e. The predicted octanol–water partition coefficient (Wildman–Crippen LogP) is 2.64. The molecular weight excluding hydrogens is 266 g/mol. The molecule has 2 aliphatic rings. The molecule has 0 unspecified atom stereocenters.